The van der Waals surface area contributed by atoms with Crippen LogP contribution in [0, 0.1) is 23.7 Å². The summed E-state index contributed by atoms with van der Waals surface area (Å²) in [6.45, 7) is 8.03. The van der Waals surface area contributed by atoms with Gasteiger partial charge in [-0.2, -0.15) is 0 Å². The first-order chi connectivity index (χ1) is 12.2. The maximum atomic E-state index is 11.0. The minimum Gasteiger partial charge on any atom is -0.481 e. The second-order valence-corrected chi connectivity index (χ2v) is 8.82. The van der Waals surface area contributed by atoms with Gasteiger partial charge in [-0.05, 0) is 44.9 Å². The summed E-state index contributed by atoms with van der Waals surface area (Å²) in [4.78, 5) is 22.8. The number of ether oxygens (including phenoxy) is 3. The number of hydrogen-bond donors (Lipinski definition) is 1. The molecule has 4 aliphatic heterocycles. The zero-order valence-corrected chi connectivity index (χ0v) is 16.0. The fraction of sp³-hybridized carbons (Fsp3) is 0.947. The molecule has 0 unspecified atom stereocenters. The molecule has 7 nitrogen and oxygen atoms in total. The van der Waals surface area contributed by atoms with E-state index in [9.17, 15) is 4.79 Å². The molecule has 1 saturated carbocycles. The molecule has 0 radical (unpaired) electrons. The smallest absolute Gasteiger partial charge is 0.305 e. The Labute approximate surface area is 154 Å². The van der Waals surface area contributed by atoms with Crippen LogP contribution < -0.4 is 0 Å². The Bertz CT molecular complexity index is 568. The molecule has 0 aromatic rings. The summed E-state index contributed by atoms with van der Waals surface area (Å²) >= 11 is 0. The van der Waals surface area contributed by atoms with Crippen molar-refractivity contribution in [1.29, 1.82) is 0 Å². The molecule has 148 valence electrons. The average Bonchev–Trinajstić information content (AvgIpc) is 2.78. The second-order valence-electron chi connectivity index (χ2n) is 8.82. The highest BCUT2D eigenvalue weighted by Gasteiger charge is 2.69. The SMILES string of the molecule is C[C@H]1[C@@H](O[C@H](C)CC(=O)O)O[C@@H]2O[C@@]3(C)CC[C@H]4[C@H](C)CC[C@@H]1[C@@]24OO3. The van der Waals surface area contributed by atoms with Gasteiger partial charge in [0.15, 0.2) is 18.2 Å². The number of carbonyl (C=O) groups is 1. The van der Waals surface area contributed by atoms with E-state index in [0.717, 1.165) is 25.7 Å². The Kier molecular flexibility index (Phi) is 4.59. The molecule has 5 aliphatic rings. The van der Waals surface area contributed by atoms with E-state index < -0.39 is 36.0 Å². The summed E-state index contributed by atoms with van der Waals surface area (Å²) in [5, 5.41) is 9.01. The number of rotatable bonds is 4. The topological polar surface area (TPSA) is 83.5 Å². The summed E-state index contributed by atoms with van der Waals surface area (Å²) in [7, 11) is 0. The first-order valence-electron chi connectivity index (χ1n) is 9.82. The first kappa shape index (κ1) is 18.6. The van der Waals surface area contributed by atoms with Gasteiger partial charge in [-0.3, -0.25) is 4.79 Å². The molecule has 2 bridgehead atoms. The van der Waals surface area contributed by atoms with Crippen molar-refractivity contribution in [3.05, 3.63) is 0 Å². The van der Waals surface area contributed by atoms with Crippen LogP contribution in [0.2, 0.25) is 0 Å². The van der Waals surface area contributed by atoms with Gasteiger partial charge in [0.25, 0.3) is 0 Å². The third-order valence-corrected chi connectivity index (χ3v) is 6.93. The monoisotopic (exact) mass is 370 g/mol. The van der Waals surface area contributed by atoms with Gasteiger partial charge < -0.3 is 19.3 Å². The van der Waals surface area contributed by atoms with E-state index in [-0.39, 0.29) is 18.3 Å². The standard InChI is InChI=1S/C19H30O7/c1-10-5-6-14-12(3)16(22-11(2)9-15(20)21)23-17-19(14)13(10)7-8-18(4,24-17)25-26-19/h10-14,16-17H,5-9H2,1-4H3,(H,20,21)/t10-,11-,12-,13+,14+,16+,17-,18-,19-/m1/s1. The number of aliphatic carboxylic acids is 1. The summed E-state index contributed by atoms with van der Waals surface area (Å²) in [6, 6.07) is 0. The van der Waals surface area contributed by atoms with Crippen molar-refractivity contribution < 1.29 is 33.9 Å². The maximum Gasteiger partial charge on any atom is 0.305 e. The highest BCUT2D eigenvalue weighted by molar-refractivity contribution is 5.67. The predicted molar refractivity (Wildman–Crippen MR) is 89.6 cm³/mol. The van der Waals surface area contributed by atoms with Crippen molar-refractivity contribution >= 4 is 5.97 Å². The van der Waals surface area contributed by atoms with E-state index in [4.69, 9.17) is 29.1 Å². The third kappa shape index (κ3) is 2.79. The molecule has 1 N–H and O–H groups in total. The Morgan fingerprint density at radius 1 is 1.23 bits per heavy atom. The van der Waals surface area contributed by atoms with Gasteiger partial charge in [-0.1, -0.05) is 13.8 Å². The van der Waals surface area contributed by atoms with E-state index in [1.165, 1.54) is 0 Å². The van der Waals surface area contributed by atoms with Crippen LogP contribution in [0.4, 0.5) is 0 Å². The molecule has 4 saturated heterocycles. The Morgan fingerprint density at radius 2 is 2.00 bits per heavy atom. The first-order valence-corrected chi connectivity index (χ1v) is 9.82. The minimum atomic E-state index is -0.877. The lowest BCUT2D eigenvalue weighted by Crippen LogP contribution is -2.70. The van der Waals surface area contributed by atoms with E-state index in [2.05, 4.69) is 13.8 Å². The van der Waals surface area contributed by atoms with E-state index in [0.29, 0.717) is 11.8 Å². The third-order valence-electron chi connectivity index (χ3n) is 6.93. The van der Waals surface area contributed by atoms with Gasteiger partial charge in [-0.25, -0.2) is 9.78 Å². The van der Waals surface area contributed by atoms with Gasteiger partial charge >= 0.3 is 5.97 Å². The normalized spacial score (nSPS) is 51.4. The van der Waals surface area contributed by atoms with Crippen LogP contribution in [0.25, 0.3) is 0 Å². The number of hydrogen-bond acceptors (Lipinski definition) is 6. The van der Waals surface area contributed by atoms with Gasteiger partial charge in [-0.15, -0.1) is 0 Å². The van der Waals surface area contributed by atoms with Crippen molar-refractivity contribution in [1.82, 2.24) is 0 Å². The molecular weight excluding hydrogens is 340 g/mol. The predicted octanol–water partition coefficient (Wildman–Crippen LogP) is 3.07. The Morgan fingerprint density at radius 3 is 2.73 bits per heavy atom. The lowest BCUT2D eigenvalue weighted by Gasteiger charge is -2.60. The van der Waals surface area contributed by atoms with E-state index in [1.54, 1.807) is 6.92 Å². The van der Waals surface area contributed by atoms with Crippen molar-refractivity contribution in [3.8, 4) is 0 Å². The molecule has 1 aliphatic carbocycles. The molecule has 0 amide bonds. The zero-order chi connectivity index (χ0) is 18.7. The molecule has 5 fully saturated rings. The van der Waals surface area contributed by atoms with Crippen molar-refractivity contribution in [2.45, 2.75) is 89.9 Å². The maximum absolute atomic E-state index is 11.0. The Hall–Kier alpha value is -0.730. The van der Waals surface area contributed by atoms with E-state index >= 15 is 0 Å². The van der Waals surface area contributed by atoms with E-state index in [1.807, 2.05) is 6.92 Å². The summed E-state index contributed by atoms with van der Waals surface area (Å²) in [5.74, 6) is -0.608. The highest BCUT2D eigenvalue weighted by atomic mass is 17.3. The second kappa shape index (κ2) is 6.41. The highest BCUT2D eigenvalue weighted by Crippen LogP contribution is 2.60. The Balaban J connectivity index is 1.63. The molecule has 1 spiro atoms. The van der Waals surface area contributed by atoms with Crippen molar-refractivity contribution in [2.24, 2.45) is 23.7 Å². The fourth-order valence-electron chi connectivity index (χ4n) is 5.55. The average molecular weight is 370 g/mol. The molecule has 0 aromatic heterocycles. The molecule has 26 heavy (non-hydrogen) atoms. The fourth-order valence-corrected chi connectivity index (χ4v) is 5.55. The molecule has 7 heteroatoms. The van der Waals surface area contributed by atoms with Crippen molar-refractivity contribution in [3.63, 3.8) is 0 Å². The largest absolute Gasteiger partial charge is 0.481 e. The summed E-state index contributed by atoms with van der Waals surface area (Å²) < 4.78 is 18.5. The molecule has 5 rings (SSSR count). The number of fused-ring (bicyclic) bond motifs is 2. The quantitative estimate of drug-likeness (QED) is 0.761. The lowest BCUT2D eigenvalue weighted by molar-refractivity contribution is -0.578. The van der Waals surface area contributed by atoms with Crippen LogP contribution in [0.1, 0.15) is 59.8 Å². The number of carboxylic acids is 1. The van der Waals surface area contributed by atoms with Gasteiger partial charge in [0.2, 0.25) is 5.79 Å². The van der Waals surface area contributed by atoms with Crippen LogP contribution in [-0.4, -0.2) is 41.1 Å². The lowest BCUT2D eigenvalue weighted by atomic mass is 9.58. The number of carboxylic acid groups (broad SMARTS) is 1. The zero-order valence-electron chi connectivity index (χ0n) is 16.0. The van der Waals surface area contributed by atoms with Gasteiger partial charge in [0.05, 0.1) is 12.5 Å². The van der Waals surface area contributed by atoms with Crippen molar-refractivity contribution in [2.75, 3.05) is 0 Å². The van der Waals surface area contributed by atoms with Crippen LogP contribution in [-0.2, 0) is 28.8 Å². The minimum absolute atomic E-state index is 0.0507. The van der Waals surface area contributed by atoms with Crippen LogP contribution >= 0.6 is 0 Å². The van der Waals surface area contributed by atoms with Crippen LogP contribution in [0.15, 0.2) is 0 Å². The molecule has 9 atom stereocenters. The van der Waals surface area contributed by atoms with Gasteiger partial charge in [0, 0.05) is 18.3 Å². The molecule has 4 heterocycles. The summed E-state index contributed by atoms with van der Waals surface area (Å²) in [6.07, 6.45) is 2.34. The summed E-state index contributed by atoms with van der Waals surface area (Å²) in [5.41, 5.74) is -0.608. The van der Waals surface area contributed by atoms with Crippen LogP contribution in [0.3, 0.4) is 0 Å². The van der Waals surface area contributed by atoms with Gasteiger partial charge in [0.1, 0.15) is 0 Å². The van der Waals surface area contributed by atoms with Crippen LogP contribution in [0.5, 0.6) is 0 Å². The molecular formula is C19H30O7. The molecule has 0 aromatic carbocycles.